The fourth-order valence-corrected chi connectivity index (χ4v) is 2.92. The predicted octanol–water partition coefficient (Wildman–Crippen LogP) is 2.60. The number of ether oxygens (including phenoxy) is 1. The first-order valence-electron chi connectivity index (χ1n) is 6.70. The fourth-order valence-electron chi connectivity index (χ4n) is 2.92. The molecule has 0 saturated carbocycles. The molecule has 0 bridgehead atoms. The van der Waals surface area contributed by atoms with E-state index in [0.717, 1.165) is 12.8 Å². The Morgan fingerprint density at radius 3 is 2.78 bits per heavy atom. The Bertz CT molecular complexity index is 395. The highest BCUT2D eigenvalue weighted by Crippen LogP contribution is 2.35. The number of hydrogen-bond donors (Lipinski definition) is 1. The second-order valence-corrected chi connectivity index (χ2v) is 5.64. The molecule has 100 valence electrons. The molecular weight excluding hydrogens is 228 g/mol. The average Bonchev–Trinajstić information content (AvgIpc) is 2.53. The maximum atomic E-state index is 11.7. The van der Waals surface area contributed by atoms with Crippen LogP contribution in [0, 0.1) is 11.8 Å². The lowest BCUT2D eigenvalue weighted by atomic mass is 9.82. The van der Waals surface area contributed by atoms with Gasteiger partial charge in [0.2, 0.25) is 0 Å². The van der Waals surface area contributed by atoms with Crippen LogP contribution in [0.4, 0.5) is 0 Å². The third-order valence-electron chi connectivity index (χ3n) is 4.04. The Hall–Kier alpha value is -1.09. The van der Waals surface area contributed by atoms with E-state index < -0.39 is 6.10 Å². The van der Waals surface area contributed by atoms with Crippen LogP contribution in [0.25, 0.3) is 0 Å². The first kappa shape index (κ1) is 13.3. The van der Waals surface area contributed by atoms with Crippen LogP contribution in [-0.2, 0) is 9.53 Å². The number of allylic oxidation sites excluding steroid dienone is 2. The van der Waals surface area contributed by atoms with Crippen molar-refractivity contribution in [1.82, 2.24) is 0 Å². The van der Waals surface area contributed by atoms with Crippen LogP contribution in [0.3, 0.4) is 0 Å². The summed E-state index contributed by atoms with van der Waals surface area (Å²) in [5.41, 5.74) is 2.42. The van der Waals surface area contributed by atoms with Gasteiger partial charge >= 0.3 is 5.97 Å². The number of carbonyl (C=O) groups is 1. The maximum Gasteiger partial charge on any atom is 0.309 e. The zero-order valence-corrected chi connectivity index (χ0v) is 11.3. The van der Waals surface area contributed by atoms with Gasteiger partial charge in [0.25, 0.3) is 0 Å². The molecule has 1 N–H and O–H groups in total. The molecule has 3 nitrogen and oxygen atoms in total. The fraction of sp³-hybridized carbons (Fsp3) is 0.667. The van der Waals surface area contributed by atoms with Crippen molar-refractivity contribution < 1.29 is 14.6 Å². The minimum absolute atomic E-state index is 0.117. The van der Waals surface area contributed by atoms with Gasteiger partial charge in [0.1, 0.15) is 6.10 Å². The first-order valence-corrected chi connectivity index (χ1v) is 6.70. The largest absolute Gasteiger partial charge is 0.457 e. The number of aliphatic hydroxyl groups is 1. The Labute approximate surface area is 109 Å². The van der Waals surface area contributed by atoms with Gasteiger partial charge in [-0.3, -0.25) is 4.79 Å². The molecule has 1 saturated heterocycles. The summed E-state index contributed by atoms with van der Waals surface area (Å²) in [5, 5.41) is 10.3. The van der Waals surface area contributed by atoms with E-state index in [4.69, 9.17) is 4.74 Å². The quantitative estimate of drug-likeness (QED) is 0.531. The molecule has 1 aliphatic heterocycles. The van der Waals surface area contributed by atoms with E-state index in [1.165, 1.54) is 11.1 Å². The van der Waals surface area contributed by atoms with Gasteiger partial charge in [-0.2, -0.15) is 0 Å². The highest BCUT2D eigenvalue weighted by Gasteiger charge is 2.44. The molecule has 0 aromatic heterocycles. The predicted molar refractivity (Wildman–Crippen MR) is 69.9 cm³/mol. The standard InChI is InChI=1S/C15H22O3/c1-9-5-4-6-10(2)8-13-14(12(16)7-9)11(3)15(17)18-13/h5,8,11-14,16H,4,6-7H2,1-3H3/b9-5+,10-8+/t11-,12+,13-,14+/m1/s1. The molecular formula is C15H22O3. The number of esters is 1. The topological polar surface area (TPSA) is 46.5 Å². The molecule has 0 spiro atoms. The van der Waals surface area contributed by atoms with Crippen molar-refractivity contribution in [3.63, 3.8) is 0 Å². The molecule has 0 aromatic rings. The van der Waals surface area contributed by atoms with Gasteiger partial charge in [0.15, 0.2) is 0 Å². The number of fused-ring (bicyclic) bond motifs is 1. The lowest BCUT2D eigenvalue weighted by molar-refractivity contribution is -0.142. The zero-order chi connectivity index (χ0) is 13.3. The van der Waals surface area contributed by atoms with Gasteiger partial charge in [-0.25, -0.2) is 0 Å². The van der Waals surface area contributed by atoms with E-state index >= 15 is 0 Å². The van der Waals surface area contributed by atoms with Crippen molar-refractivity contribution in [3.8, 4) is 0 Å². The molecule has 1 heterocycles. The third-order valence-corrected chi connectivity index (χ3v) is 4.04. The molecule has 2 rings (SSSR count). The first-order chi connectivity index (χ1) is 8.49. The Balaban J connectivity index is 2.30. The minimum Gasteiger partial charge on any atom is -0.457 e. The van der Waals surface area contributed by atoms with E-state index in [2.05, 4.69) is 13.0 Å². The summed E-state index contributed by atoms with van der Waals surface area (Å²) in [5.74, 6) is -0.524. The van der Waals surface area contributed by atoms with Crippen molar-refractivity contribution in [2.45, 2.75) is 52.2 Å². The van der Waals surface area contributed by atoms with Crippen LogP contribution >= 0.6 is 0 Å². The summed E-state index contributed by atoms with van der Waals surface area (Å²) in [4.78, 5) is 11.7. The minimum atomic E-state index is -0.505. The molecule has 1 aliphatic carbocycles. The second-order valence-electron chi connectivity index (χ2n) is 5.64. The molecule has 4 atom stereocenters. The maximum absolute atomic E-state index is 11.7. The lowest BCUT2D eigenvalue weighted by Gasteiger charge is -2.24. The van der Waals surface area contributed by atoms with Crippen LogP contribution in [0.15, 0.2) is 23.3 Å². The van der Waals surface area contributed by atoms with E-state index in [1.54, 1.807) is 0 Å². The normalized spacial score (nSPS) is 43.2. The Morgan fingerprint density at radius 1 is 1.33 bits per heavy atom. The highest BCUT2D eigenvalue weighted by molar-refractivity contribution is 5.75. The summed E-state index contributed by atoms with van der Waals surface area (Å²) >= 11 is 0. The molecule has 2 aliphatic rings. The summed E-state index contributed by atoms with van der Waals surface area (Å²) in [6.45, 7) is 5.95. The Kier molecular flexibility index (Phi) is 3.91. The number of rotatable bonds is 0. The molecule has 0 unspecified atom stereocenters. The van der Waals surface area contributed by atoms with Crippen molar-refractivity contribution >= 4 is 5.97 Å². The van der Waals surface area contributed by atoms with Crippen LogP contribution in [-0.4, -0.2) is 23.3 Å². The van der Waals surface area contributed by atoms with Gasteiger partial charge in [-0.1, -0.05) is 24.1 Å². The van der Waals surface area contributed by atoms with E-state index in [0.29, 0.717) is 6.42 Å². The zero-order valence-electron chi connectivity index (χ0n) is 11.3. The van der Waals surface area contributed by atoms with E-state index in [1.807, 2.05) is 19.9 Å². The van der Waals surface area contributed by atoms with Crippen LogP contribution < -0.4 is 0 Å². The number of carbonyl (C=O) groups excluding carboxylic acids is 1. The van der Waals surface area contributed by atoms with Crippen molar-refractivity contribution in [2.75, 3.05) is 0 Å². The third kappa shape index (κ3) is 2.66. The molecule has 0 aromatic carbocycles. The van der Waals surface area contributed by atoms with Gasteiger partial charge in [-0.15, -0.1) is 0 Å². The summed E-state index contributed by atoms with van der Waals surface area (Å²) in [6.07, 6.45) is 6.05. The van der Waals surface area contributed by atoms with E-state index in [-0.39, 0.29) is 23.9 Å². The summed E-state index contributed by atoms with van der Waals surface area (Å²) in [6, 6.07) is 0. The summed E-state index contributed by atoms with van der Waals surface area (Å²) in [7, 11) is 0. The second kappa shape index (κ2) is 5.27. The molecule has 0 amide bonds. The average molecular weight is 250 g/mol. The molecule has 0 radical (unpaired) electrons. The molecule has 18 heavy (non-hydrogen) atoms. The lowest BCUT2D eigenvalue weighted by Crippen LogP contribution is -2.31. The van der Waals surface area contributed by atoms with E-state index in [9.17, 15) is 9.90 Å². The van der Waals surface area contributed by atoms with Crippen LogP contribution in [0.2, 0.25) is 0 Å². The molecule has 1 fully saturated rings. The smallest absolute Gasteiger partial charge is 0.309 e. The van der Waals surface area contributed by atoms with Crippen molar-refractivity contribution in [3.05, 3.63) is 23.3 Å². The van der Waals surface area contributed by atoms with Gasteiger partial charge in [0.05, 0.1) is 12.0 Å². The van der Waals surface area contributed by atoms with Crippen molar-refractivity contribution in [1.29, 1.82) is 0 Å². The monoisotopic (exact) mass is 250 g/mol. The Morgan fingerprint density at radius 2 is 2.06 bits per heavy atom. The van der Waals surface area contributed by atoms with Gasteiger partial charge in [-0.05, 0) is 39.2 Å². The molecule has 3 heteroatoms. The van der Waals surface area contributed by atoms with Crippen molar-refractivity contribution in [2.24, 2.45) is 11.8 Å². The van der Waals surface area contributed by atoms with Crippen LogP contribution in [0.1, 0.15) is 40.0 Å². The van der Waals surface area contributed by atoms with Crippen LogP contribution in [0.5, 0.6) is 0 Å². The number of hydrogen-bond acceptors (Lipinski definition) is 3. The highest BCUT2D eigenvalue weighted by atomic mass is 16.6. The van der Waals surface area contributed by atoms with Gasteiger partial charge in [0, 0.05) is 5.92 Å². The SMILES string of the molecule is C/C1=C\[C@H]2OC(=O)[C@H](C)[C@H]2[C@@H](O)C/C(C)=C/CC1. The summed E-state index contributed by atoms with van der Waals surface area (Å²) < 4.78 is 5.39. The number of aliphatic hydroxyl groups excluding tert-OH is 1. The van der Waals surface area contributed by atoms with Gasteiger partial charge < -0.3 is 9.84 Å².